The van der Waals surface area contributed by atoms with Gasteiger partial charge in [0.2, 0.25) is 0 Å². The summed E-state index contributed by atoms with van der Waals surface area (Å²) in [7, 11) is 0. The van der Waals surface area contributed by atoms with Gasteiger partial charge < -0.3 is 4.90 Å². The predicted molar refractivity (Wildman–Crippen MR) is 220 cm³/mol. The molecule has 0 saturated heterocycles. The lowest BCUT2D eigenvalue weighted by atomic mass is 9.79. The Hall–Kier alpha value is -6.44. The lowest BCUT2D eigenvalue weighted by Gasteiger charge is -2.30. The molecule has 0 atom stereocenters. The largest absolute Gasteiger partial charge is 0.310 e. The van der Waals surface area contributed by atoms with Crippen molar-refractivity contribution in [2.45, 2.75) is 19.3 Å². The zero-order valence-corrected chi connectivity index (χ0v) is 29.5. The summed E-state index contributed by atoms with van der Waals surface area (Å²) in [5.41, 5.74) is 18.4. The van der Waals surface area contributed by atoms with E-state index in [0.717, 1.165) is 17.1 Å². The van der Waals surface area contributed by atoms with E-state index in [-0.39, 0.29) is 5.41 Å². The lowest BCUT2D eigenvalue weighted by Crippen LogP contribution is -2.16. The zero-order chi connectivity index (χ0) is 35.1. The Balaban J connectivity index is 1.24. The van der Waals surface area contributed by atoms with Gasteiger partial charge in [0.1, 0.15) is 0 Å². The van der Waals surface area contributed by atoms with E-state index in [2.05, 4.69) is 219 Å². The molecule has 0 N–H and O–H groups in total. The van der Waals surface area contributed by atoms with Gasteiger partial charge in [-0.25, -0.2) is 0 Å². The van der Waals surface area contributed by atoms with Crippen molar-refractivity contribution >= 4 is 17.1 Å². The second-order valence-corrected chi connectivity index (χ2v) is 14.1. The fraction of sp³-hybridized carbons (Fsp3) is 0.0588. The summed E-state index contributed by atoms with van der Waals surface area (Å²) in [6, 6.07) is 72.7. The highest BCUT2D eigenvalue weighted by Gasteiger charge is 2.37. The topological polar surface area (TPSA) is 3.24 Å². The van der Waals surface area contributed by atoms with Crippen molar-refractivity contribution in [2.75, 3.05) is 4.90 Å². The van der Waals surface area contributed by atoms with Gasteiger partial charge in [0.15, 0.2) is 0 Å². The second kappa shape index (κ2) is 13.0. The third-order valence-electron chi connectivity index (χ3n) is 10.7. The van der Waals surface area contributed by atoms with Crippen LogP contribution in [0.25, 0.3) is 55.6 Å². The Labute approximate surface area is 307 Å². The number of nitrogens with zero attached hydrogens (tertiary/aromatic N) is 1. The number of rotatable bonds is 7. The van der Waals surface area contributed by atoms with Gasteiger partial charge >= 0.3 is 0 Å². The number of fused-ring (bicyclic) bond motifs is 3. The molecule has 0 amide bonds. The molecule has 0 radical (unpaired) electrons. The second-order valence-electron chi connectivity index (χ2n) is 14.1. The quantitative estimate of drug-likeness (QED) is 0.164. The van der Waals surface area contributed by atoms with Crippen molar-refractivity contribution in [3.63, 3.8) is 0 Å². The Morgan fingerprint density at radius 3 is 1.48 bits per heavy atom. The van der Waals surface area contributed by atoms with Gasteiger partial charge in [-0.05, 0) is 91.5 Å². The summed E-state index contributed by atoms with van der Waals surface area (Å²) in [6.07, 6.45) is 0. The van der Waals surface area contributed by atoms with E-state index in [9.17, 15) is 0 Å². The minimum atomic E-state index is -0.0871. The fourth-order valence-electron chi connectivity index (χ4n) is 8.32. The van der Waals surface area contributed by atoms with Crippen LogP contribution in [0, 0.1) is 0 Å². The van der Waals surface area contributed by atoms with E-state index in [1.165, 1.54) is 66.8 Å². The molecule has 1 nitrogen and oxygen atoms in total. The van der Waals surface area contributed by atoms with Crippen LogP contribution in [0.2, 0.25) is 0 Å². The van der Waals surface area contributed by atoms with Crippen molar-refractivity contribution in [1.29, 1.82) is 0 Å². The molecule has 0 heterocycles. The van der Waals surface area contributed by atoms with Crippen LogP contribution in [0.1, 0.15) is 25.0 Å². The molecule has 0 aromatic heterocycles. The van der Waals surface area contributed by atoms with Crippen LogP contribution in [-0.4, -0.2) is 0 Å². The molecule has 8 aromatic rings. The first-order chi connectivity index (χ1) is 25.6. The Morgan fingerprint density at radius 2 is 0.788 bits per heavy atom. The maximum Gasteiger partial charge on any atom is 0.0546 e. The minimum Gasteiger partial charge on any atom is -0.310 e. The molecule has 1 heteroatoms. The summed E-state index contributed by atoms with van der Waals surface area (Å²) >= 11 is 0. The van der Waals surface area contributed by atoms with Crippen molar-refractivity contribution in [1.82, 2.24) is 0 Å². The summed E-state index contributed by atoms with van der Waals surface area (Å²) in [6.45, 7) is 4.72. The van der Waals surface area contributed by atoms with Gasteiger partial charge in [-0.3, -0.25) is 0 Å². The van der Waals surface area contributed by atoms with Crippen molar-refractivity contribution in [3.8, 4) is 55.6 Å². The third-order valence-corrected chi connectivity index (χ3v) is 10.7. The summed E-state index contributed by atoms with van der Waals surface area (Å²) in [4.78, 5) is 2.42. The van der Waals surface area contributed by atoms with Gasteiger partial charge in [-0.2, -0.15) is 0 Å². The molecule has 0 aliphatic heterocycles. The first-order valence-electron chi connectivity index (χ1n) is 18.1. The Morgan fingerprint density at radius 1 is 0.327 bits per heavy atom. The Bertz CT molecular complexity index is 2510. The number of hydrogen-bond acceptors (Lipinski definition) is 1. The van der Waals surface area contributed by atoms with Gasteiger partial charge in [-0.15, -0.1) is 0 Å². The Kier molecular flexibility index (Phi) is 7.90. The highest BCUT2D eigenvalue weighted by molar-refractivity contribution is 6.01. The smallest absolute Gasteiger partial charge is 0.0546 e. The normalized spacial score (nSPS) is 12.6. The molecule has 1 aliphatic carbocycles. The maximum atomic E-state index is 2.42. The molecular formula is C51H39N. The SMILES string of the molecule is CC1(C)c2ccccc2-c2cccc(-c3ccc(N(c4ccccc4)c4cccc(-c5ccccc5)c4-c4ccccc4-c4ccccc4)cc3)c21. The third kappa shape index (κ3) is 5.34. The van der Waals surface area contributed by atoms with E-state index in [1.54, 1.807) is 0 Å². The molecular weight excluding hydrogens is 627 g/mol. The molecule has 0 fully saturated rings. The van der Waals surface area contributed by atoms with Gasteiger partial charge in [0, 0.05) is 22.4 Å². The molecule has 9 rings (SSSR count). The van der Waals surface area contributed by atoms with Crippen molar-refractivity contribution < 1.29 is 0 Å². The van der Waals surface area contributed by atoms with Crippen LogP contribution in [-0.2, 0) is 5.41 Å². The van der Waals surface area contributed by atoms with E-state index < -0.39 is 0 Å². The van der Waals surface area contributed by atoms with Crippen molar-refractivity contribution in [2.24, 2.45) is 0 Å². The summed E-state index contributed by atoms with van der Waals surface area (Å²) in [5, 5.41) is 0. The minimum absolute atomic E-state index is 0.0871. The van der Waals surface area contributed by atoms with Crippen LogP contribution in [0.5, 0.6) is 0 Å². The van der Waals surface area contributed by atoms with E-state index >= 15 is 0 Å². The van der Waals surface area contributed by atoms with Crippen molar-refractivity contribution in [3.05, 3.63) is 211 Å². The number of hydrogen-bond donors (Lipinski definition) is 0. The van der Waals surface area contributed by atoms with Gasteiger partial charge in [0.05, 0.1) is 5.69 Å². The molecule has 1 aliphatic rings. The molecule has 248 valence electrons. The van der Waals surface area contributed by atoms with Crippen LogP contribution in [0.4, 0.5) is 17.1 Å². The number of benzene rings is 8. The lowest BCUT2D eigenvalue weighted by molar-refractivity contribution is 0.662. The van der Waals surface area contributed by atoms with Crippen LogP contribution in [0.3, 0.4) is 0 Å². The standard InChI is InChI=1S/C51H39N/c1-51(2)47-30-15-14-25-44(47)46-29-16-28-43(50(46)51)38-32-34-40(35-33-38)52(39-22-10-5-11-23-39)48-31-17-27-42(37-20-8-4-9-21-37)49(48)45-26-13-12-24-41(45)36-18-6-3-7-19-36/h3-35H,1-2H3. The molecule has 0 bridgehead atoms. The van der Waals surface area contributed by atoms with Gasteiger partial charge in [0.25, 0.3) is 0 Å². The monoisotopic (exact) mass is 665 g/mol. The van der Waals surface area contributed by atoms with Gasteiger partial charge in [-0.1, -0.05) is 184 Å². The van der Waals surface area contributed by atoms with Crippen LogP contribution < -0.4 is 4.90 Å². The first kappa shape index (κ1) is 31.5. The number of anilines is 3. The maximum absolute atomic E-state index is 2.42. The first-order valence-corrected chi connectivity index (χ1v) is 18.1. The summed E-state index contributed by atoms with van der Waals surface area (Å²) in [5.74, 6) is 0. The molecule has 8 aromatic carbocycles. The average molecular weight is 666 g/mol. The van der Waals surface area contributed by atoms with Crippen LogP contribution >= 0.6 is 0 Å². The van der Waals surface area contributed by atoms with E-state index in [1.807, 2.05) is 0 Å². The molecule has 0 unspecified atom stereocenters. The van der Waals surface area contributed by atoms with Crippen LogP contribution in [0.15, 0.2) is 200 Å². The number of para-hydroxylation sites is 1. The highest BCUT2D eigenvalue weighted by atomic mass is 15.1. The summed E-state index contributed by atoms with van der Waals surface area (Å²) < 4.78 is 0. The molecule has 0 spiro atoms. The average Bonchev–Trinajstić information content (AvgIpc) is 3.45. The molecule has 0 saturated carbocycles. The highest BCUT2D eigenvalue weighted by Crippen LogP contribution is 2.53. The predicted octanol–water partition coefficient (Wildman–Crippen LogP) is 14.1. The fourth-order valence-corrected chi connectivity index (χ4v) is 8.32. The molecule has 52 heavy (non-hydrogen) atoms. The zero-order valence-electron chi connectivity index (χ0n) is 29.5. The van der Waals surface area contributed by atoms with E-state index in [4.69, 9.17) is 0 Å². The van der Waals surface area contributed by atoms with E-state index in [0.29, 0.717) is 0 Å².